The number of benzene rings is 1. The molecule has 2 amide bonds. The molecule has 43 heavy (non-hydrogen) atoms. The van der Waals surface area contributed by atoms with Crippen LogP contribution in [-0.2, 0) is 16.0 Å². The standard InChI is InChI=1S/C34H43N3O6/c1-18(2)31(34(40)35-17-23-14-20-7-8-21(23)13-20)37-27-12-10-24-25(16-28(27)39)26(36-19(3)38)11-9-22-15-29(41-4)32(42-5)33(43-6)30(22)24/h7-8,10,12,15-16,18,20-21,23,26,31H,9,11,13-14,17H2,1-6H3,(H,35,40)(H,36,38)(H,37,39). The summed E-state index contributed by atoms with van der Waals surface area (Å²) in [5.74, 6) is 2.75. The van der Waals surface area contributed by atoms with Crippen LogP contribution in [0.3, 0.4) is 0 Å². The fourth-order valence-corrected chi connectivity index (χ4v) is 7.00. The lowest BCUT2D eigenvalue weighted by molar-refractivity contribution is -0.123. The first-order chi connectivity index (χ1) is 20.6. The van der Waals surface area contributed by atoms with Crippen molar-refractivity contribution in [3.8, 4) is 28.4 Å². The number of anilines is 1. The first-order valence-electron chi connectivity index (χ1n) is 15.1. The van der Waals surface area contributed by atoms with E-state index in [-0.39, 0.29) is 23.2 Å². The Labute approximate surface area is 253 Å². The molecular formula is C34H43N3O6. The maximum absolute atomic E-state index is 13.8. The van der Waals surface area contributed by atoms with Crippen LogP contribution in [0.5, 0.6) is 17.2 Å². The number of rotatable bonds is 10. The van der Waals surface area contributed by atoms with Crippen molar-refractivity contribution < 1.29 is 23.8 Å². The molecule has 3 aliphatic carbocycles. The number of carbonyl (C=O) groups excluding carboxylic acids is 2. The predicted octanol–water partition coefficient (Wildman–Crippen LogP) is 4.63. The Bertz CT molecular complexity index is 1490. The van der Waals surface area contributed by atoms with E-state index in [0.717, 1.165) is 23.1 Å². The van der Waals surface area contributed by atoms with Crippen molar-refractivity contribution in [1.82, 2.24) is 10.6 Å². The lowest BCUT2D eigenvalue weighted by Crippen LogP contribution is -2.45. The number of hydrogen-bond donors (Lipinski definition) is 3. The molecule has 3 aliphatic rings. The highest BCUT2D eigenvalue weighted by Crippen LogP contribution is 2.50. The summed E-state index contributed by atoms with van der Waals surface area (Å²) in [6, 6.07) is 6.08. The molecular weight excluding hydrogens is 546 g/mol. The average molecular weight is 590 g/mol. The number of aryl methyl sites for hydroxylation is 1. The molecule has 2 aromatic rings. The van der Waals surface area contributed by atoms with Crippen molar-refractivity contribution in [3.63, 3.8) is 0 Å². The van der Waals surface area contributed by atoms with Crippen molar-refractivity contribution in [3.05, 3.63) is 57.8 Å². The van der Waals surface area contributed by atoms with Gasteiger partial charge in [0.05, 0.1) is 33.1 Å². The fraction of sp³-hybridized carbons (Fsp3) is 0.500. The predicted molar refractivity (Wildman–Crippen MR) is 167 cm³/mol. The largest absolute Gasteiger partial charge is 0.493 e. The molecule has 0 aromatic heterocycles. The number of ether oxygens (including phenoxy) is 3. The van der Waals surface area contributed by atoms with Crippen LogP contribution >= 0.6 is 0 Å². The van der Waals surface area contributed by atoms with Gasteiger partial charge in [0.25, 0.3) is 0 Å². The smallest absolute Gasteiger partial charge is 0.242 e. The molecule has 9 heteroatoms. The minimum Gasteiger partial charge on any atom is -0.493 e. The summed E-state index contributed by atoms with van der Waals surface area (Å²) >= 11 is 0. The topological polar surface area (TPSA) is 115 Å². The van der Waals surface area contributed by atoms with Crippen LogP contribution < -0.4 is 35.6 Å². The van der Waals surface area contributed by atoms with Crippen LogP contribution in [0.2, 0.25) is 0 Å². The molecule has 0 radical (unpaired) electrons. The first-order valence-corrected chi connectivity index (χ1v) is 15.1. The van der Waals surface area contributed by atoms with Crippen LogP contribution in [0, 0.1) is 23.7 Å². The second-order valence-electron chi connectivity index (χ2n) is 12.2. The van der Waals surface area contributed by atoms with Gasteiger partial charge in [-0.15, -0.1) is 0 Å². The van der Waals surface area contributed by atoms with E-state index >= 15 is 0 Å². The second-order valence-corrected chi connectivity index (χ2v) is 12.2. The zero-order valence-corrected chi connectivity index (χ0v) is 25.9. The van der Waals surface area contributed by atoms with Crippen molar-refractivity contribution in [2.45, 2.75) is 58.5 Å². The third-order valence-corrected chi connectivity index (χ3v) is 9.13. The third kappa shape index (κ3) is 6.08. The van der Waals surface area contributed by atoms with Crippen molar-refractivity contribution in [2.75, 3.05) is 33.2 Å². The molecule has 230 valence electrons. The number of amides is 2. The zero-order chi connectivity index (χ0) is 30.8. The van der Waals surface area contributed by atoms with E-state index in [0.29, 0.717) is 65.6 Å². The molecule has 3 N–H and O–H groups in total. The monoisotopic (exact) mass is 589 g/mol. The molecule has 0 saturated heterocycles. The zero-order valence-electron chi connectivity index (χ0n) is 25.9. The Morgan fingerprint density at radius 1 is 1.00 bits per heavy atom. The molecule has 5 rings (SSSR count). The molecule has 1 saturated carbocycles. The highest BCUT2D eigenvalue weighted by Gasteiger charge is 2.36. The number of hydrogen-bond acceptors (Lipinski definition) is 7. The summed E-state index contributed by atoms with van der Waals surface area (Å²) in [4.78, 5) is 39.4. The fourth-order valence-electron chi connectivity index (χ4n) is 7.00. The molecule has 2 bridgehead atoms. The van der Waals surface area contributed by atoms with Crippen LogP contribution in [0.4, 0.5) is 5.69 Å². The van der Waals surface area contributed by atoms with Crippen molar-refractivity contribution in [2.24, 2.45) is 23.7 Å². The molecule has 0 aliphatic heterocycles. The molecule has 0 spiro atoms. The van der Waals surface area contributed by atoms with Gasteiger partial charge in [-0.05, 0) is 84.2 Å². The Morgan fingerprint density at radius 3 is 2.37 bits per heavy atom. The summed E-state index contributed by atoms with van der Waals surface area (Å²) in [5, 5.41) is 9.45. The number of methoxy groups -OCH3 is 3. The van der Waals surface area contributed by atoms with Gasteiger partial charge in [0.1, 0.15) is 6.04 Å². The van der Waals surface area contributed by atoms with E-state index in [2.05, 4.69) is 28.1 Å². The van der Waals surface area contributed by atoms with Crippen molar-refractivity contribution >= 4 is 17.5 Å². The average Bonchev–Trinajstić information content (AvgIpc) is 3.53. The van der Waals surface area contributed by atoms with Gasteiger partial charge in [0.15, 0.2) is 11.5 Å². The normalized spacial score (nSPS) is 22.2. The lowest BCUT2D eigenvalue weighted by atomic mass is 9.93. The van der Waals surface area contributed by atoms with E-state index in [9.17, 15) is 14.4 Å². The van der Waals surface area contributed by atoms with Gasteiger partial charge in [0, 0.05) is 19.0 Å². The summed E-state index contributed by atoms with van der Waals surface area (Å²) < 4.78 is 17.2. The van der Waals surface area contributed by atoms with Gasteiger partial charge in [-0.1, -0.05) is 32.1 Å². The minimum absolute atomic E-state index is 0.0627. The maximum atomic E-state index is 13.8. The Morgan fingerprint density at radius 2 is 1.77 bits per heavy atom. The van der Waals surface area contributed by atoms with Gasteiger partial charge >= 0.3 is 0 Å². The van der Waals surface area contributed by atoms with Gasteiger partial charge in [-0.3, -0.25) is 14.4 Å². The number of allylic oxidation sites excluding steroid dienone is 2. The van der Waals surface area contributed by atoms with Gasteiger partial charge in [-0.2, -0.15) is 0 Å². The second kappa shape index (κ2) is 12.7. The maximum Gasteiger partial charge on any atom is 0.242 e. The number of fused-ring (bicyclic) bond motifs is 5. The van der Waals surface area contributed by atoms with Gasteiger partial charge in [-0.25, -0.2) is 0 Å². The molecule has 5 atom stereocenters. The Balaban J connectivity index is 1.53. The van der Waals surface area contributed by atoms with E-state index < -0.39 is 12.1 Å². The first kappa shape index (κ1) is 30.4. The molecule has 0 heterocycles. The molecule has 2 aromatic carbocycles. The van der Waals surface area contributed by atoms with Crippen molar-refractivity contribution in [1.29, 1.82) is 0 Å². The van der Waals surface area contributed by atoms with Crippen LogP contribution in [-0.4, -0.2) is 45.7 Å². The van der Waals surface area contributed by atoms with E-state index in [4.69, 9.17) is 14.2 Å². The highest BCUT2D eigenvalue weighted by molar-refractivity contribution is 5.86. The third-order valence-electron chi connectivity index (χ3n) is 9.13. The van der Waals surface area contributed by atoms with Gasteiger partial charge in [0.2, 0.25) is 23.0 Å². The summed E-state index contributed by atoms with van der Waals surface area (Å²) in [5.41, 5.74) is 3.19. The van der Waals surface area contributed by atoms with Crippen LogP contribution in [0.15, 0.2) is 41.2 Å². The highest BCUT2D eigenvalue weighted by atomic mass is 16.5. The van der Waals surface area contributed by atoms with Crippen LogP contribution in [0.25, 0.3) is 11.1 Å². The van der Waals surface area contributed by atoms with E-state index in [1.54, 1.807) is 33.5 Å². The summed E-state index contributed by atoms with van der Waals surface area (Å²) in [6.07, 6.45) is 8.06. The van der Waals surface area contributed by atoms with E-state index in [1.165, 1.54) is 13.3 Å². The summed E-state index contributed by atoms with van der Waals surface area (Å²) in [6.45, 7) is 6.04. The lowest BCUT2D eigenvalue weighted by Gasteiger charge is -2.24. The SMILES string of the molecule is COc1cc2c(c(OC)c1OC)-c1ccc(NC(C(=O)NCC3CC4C=CC3C4)C(C)C)c(=O)cc1C(NC(C)=O)CC2. The summed E-state index contributed by atoms with van der Waals surface area (Å²) in [7, 11) is 4.70. The number of carbonyl (C=O) groups is 2. The van der Waals surface area contributed by atoms with E-state index in [1.807, 2.05) is 26.0 Å². The molecule has 5 unspecified atom stereocenters. The minimum atomic E-state index is -0.596. The quantitative estimate of drug-likeness (QED) is 0.346. The van der Waals surface area contributed by atoms with Crippen LogP contribution in [0.1, 0.15) is 57.2 Å². The molecule has 9 nitrogen and oxygen atoms in total. The van der Waals surface area contributed by atoms with Gasteiger partial charge < -0.3 is 30.2 Å². The Hall–Kier alpha value is -4.01. The number of nitrogens with one attached hydrogen (secondary N) is 3. The Kier molecular flexibility index (Phi) is 8.99. The molecule has 1 fully saturated rings.